The molecule has 2 N–H and O–H groups in total. The number of hydrogen-bond acceptors (Lipinski definition) is 2. The van der Waals surface area contributed by atoms with Crippen molar-refractivity contribution >= 4 is 11.6 Å². The summed E-state index contributed by atoms with van der Waals surface area (Å²) in [4.78, 5) is 11.4. The SMILES string of the molecule is CCNC(CC(C)C)c1ccc2c(c1)CC(=O)N2. The summed E-state index contributed by atoms with van der Waals surface area (Å²) >= 11 is 0. The molecule has 1 aliphatic heterocycles. The molecule has 0 aliphatic carbocycles. The van der Waals surface area contributed by atoms with Crippen LogP contribution in [0.15, 0.2) is 18.2 Å². The molecule has 1 unspecified atom stereocenters. The molecule has 1 heterocycles. The van der Waals surface area contributed by atoms with E-state index in [9.17, 15) is 4.79 Å². The monoisotopic (exact) mass is 246 g/mol. The Hall–Kier alpha value is -1.35. The zero-order valence-corrected chi connectivity index (χ0v) is 11.4. The van der Waals surface area contributed by atoms with Crippen LogP contribution in [0.3, 0.4) is 0 Å². The highest BCUT2D eigenvalue weighted by molar-refractivity contribution is 5.99. The van der Waals surface area contributed by atoms with E-state index in [-0.39, 0.29) is 5.91 Å². The topological polar surface area (TPSA) is 41.1 Å². The number of nitrogens with one attached hydrogen (secondary N) is 2. The van der Waals surface area contributed by atoms with Crippen molar-refractivity contribution in [3.63, 3.8) is 0 Å². The molecule has 0 radical (unpaired) electrons. The number of carbonyl (C=O) groups excluding carboxylic acids is 1. The van der Waals surface area contributed by atoms with Crippen LogP contribution in [0.5, 0.6) is 0 Å². The maximum atomic E-state index is 11.4. The van der Waals surface area contributed by atoms with Gasteiger partial charge in [0.25, 0.3) is 0 Å². The first-order valence-electron chi connectivity index (χ1n) is 6.76. The van der Waals surface area contributed by atoms with Crippen molar-refractivity contribution in [3.8, 4) is 0 Å². The summed E-state index contributed by atoms with van der Waals surface area (Å²) in [6.07, 6.45) is 1.64. The van der Waals surface area contributed by atoms with Gasteiger partial charge in [-0.05, 0) is 36.1 Å². The van der Waals surface area contributed by atoms with Crippen LogP contribution in [0.4, 0.5) is 5.69 Å². The van der Waals surface area contributed by atoms with E-state index in [1.807, 2.05) is 6.07 Å². The fourth-order valence-electron chi connectivity index (χ4n) is 2.52. The van der Waals surface area contributed by atoms with Gasteiger partial charge in [-0.25, -0.2) is 0 Å². The zero-order chi connectivity index (χ0) is 13.1. The molecular weight excluding hydrogens is 224 g/mol. The summed E-state index contributed by atoms with van der Waals surface area (Å²) in [5.41, 5.74) is 3.40. The highest BCUT2D eigenvalue weighted by Crippen LogP contribution is 2.28. The Morgan fingerprint density at radius 1 is 1.39 bits per heavy atom. The smallest absolute Gasteiger partial charge is 0.228 e. The Balaban J connectivity index is 2.20. The molecule has 0 fully saturated rings. The molecule has 3 heteroatoms. The molecule has 1 amide bonds. The number of amides is 1. The van der Waals surface area contributed by atoms with Crippen LogP contribution < -0.4 is 10.6 Å². The van der Waals surface area contributed by atoms with E-state index in [2.05, 4.69) is 43.5 Å². The highest BCUT2D eigenvalue weighted by atomic mass is 16.1. The maximum Gasteiger partial charge on any atom is 0.228 e. The molecular formula is C15H22N2O. The van der Waals surface area contributed by atoms with Crippen LogP contribution in [0.25, 0.3) is 0 Å². The Kier molecular flexibility index (Phi) is 4.02. The van der Waals surface area contributed by atoms with Crippen molar-refractivity contribution in [2.75, 3.05) is 11.9 Å². The Morgan fingerprint density at radius 3 is 2.83 bits per heavy atom. The van der Waals surface area contributed by atoms with Gasteiger partial charge in [0.2, 0.25) is 5.91 Å². The molecule has 1 atom stereocenters. The van der Waals surface area contributed by atoms with E-state index < -0.39 is 0 Å². The lowest BCUT2D eigenvalue weighted by Crippen LogP contribution is -2.22. The molecule has 0 saturated carbocycles. The third-order valence-corrected chi connectivity index (χ3v) is 3.31. The van der Waals surface area contributed by atoms with Crippen LogP contribution in [0, 0.1) is 5.92 Å². The lowest BCUT2D eigenvalue weighted by atomic mass is 9.95. The van der Waals surface area contributed by atoms with Crippen molar-refractivity contribution < 1.29 is 4.79 Å². The van der Waals surface area contributed by atoms with Crippen molar-refractivity contribution in [2.24, 2.45) is 5.92 Å². The van der Waals surface area contributed by atoms with Gasteiger partial charge in [0.1, 0.15) is 0 Å². The van der Waals surface area contributed by atoms with Crippen LogP contribution in [0.1, 0.15) is 44.4 Å². The molecule has 3 nitrogen and oxygen atoms in total. The molecule has 18 heavy (non-hydrogen) atoms. The summed E-state index contributed by atoms with van der Waals surface area (Å²) in [7, 11) is 0. The number of carbonyl (C=O) groups is 1. The molecule has 0 saturated heterocycles. The van der Waals surface area contributed by atoms with Gasteiger partial charge in [0, 0.05) is 11.7 Å². The number of benzene rings is 1. The van der Waals surface area contributed by atoms with Crippen LogP contribution in [-0.2, 0) is 11.2 Å². The summed E-state index contributed by atoms with van der Waals surface area (Å²) in [5, 5.41) is 6.40. The predicted molar refractivity (Wildman–Crippen MR) is 74.6 cm³/mol. The summed E-state index contributed by atoms with van der Waals surface area (Å²) in [6.45, 7) is 7.57. The van der Waals surface area contributed by atoms with Gasteiger partial charge < -0.3 is 10.6 Å². The van der Waals surface area contributed by atoms with Gasteiger partial charge in [-0.1, -0.05) is 32.9 Å². The zero-order valence-electron chi connectivity index (χ0n) is 11.4. The Morgan fingerprint density at radius 2 is 2.17 bits per heavy atom. The second-order valence-corrected chi connectivity index (χ2v) is 5.38. The van der Waals surface area contributed by atoms with Crippen LogP contribution >= 0.6 is 0 Å². The molecule has 0 aromatic heterocycles. The van der Waals surface area contributed by atoms with E-state index in [4.69, 9.17) is 0 Å². The number of fused-ring (bicyclic) bond motifs is 1. The minimum Gasteiger partial charge on any atom is -0.326 e. The van der Waals surface area contributed by atoms with Crippen LogP contribution in [-0.4, -0.2) is 12.5 Å². The van der Waals surface area contributed by atoms with E-state index in [1.54, 1.807) is 0 Å². The summed E-state index contributed by atoms with van der Waals surface area (Å²) in [6, 6.07) is 6.71. The van der Waals surface area contributed by atoms with Crippen molar-refractivity contribution in [3.05, 3.63) is 29.3 Å². The standard InChI is InChI=1S/C15H22N2O/c1-4-16-14(7-10(2)3)11-5-6-13-12(8-11)9-15(18)17-13/h5-6,8,10,14,16H,4,7,9H2,1-3H3,(H,17,18). The molecule has 0 spiro atoms. The fourth-order valence-corrected chi connectivity index (χ4v) is 2.52. The molecule has 0 bridgehead atoms. The second kappa shape index (κ2) is 5.53. The van der Waals surface area contributed by atoms with E-state index in [0.29, 0.717) is 18.4 Å². The third kappa shape index (κ3) is 2.91. The van der Waals surface area contributed by atoms with Gasteiger partial charge in [0.15, 0.2) is 0 Å². The lowest BCUT2D eigenvalue weighted by Gasteiger charge is -2.21. The largest absolute Gasteiger partial charge is 0.326 e. The van der Waals surface area contributed by atoms with Gasteiger partial charge in [-0.15, -0.1) is 0 Å². The normalized spacial score (nSPS) is 15.7. The maximum absolute atomic E-state index is 11.4. The van der Waals surface area contributed by atoms with Gasteiger partial charge in [-0.3, -0.25) is 4.79 Å². The fraction of sp³-hybridized carbons (Fsp3) is 0.533. The van der Waals surface area contributed by atoms with Crippen molar-refractivity contribution in [1.29, 1.82) is 0 Å². The summed E-state index contributed by atoms with van der Waals surface area (Å²) < 4.78 is 0. The highest BCUT2D eigenvalue weighted by Gasteiger charge is 2.20. The molecule has 2 rings (SSSR count). The second-order valence-electron chi connectivity index (χ2n) is 5.38. The Bertz CT molecular complexity index is 440. The third-order valence-electron chi connectivity index (χ3n) is 3.31. The average Bonchev–Trinajstić information content (AvgIpc) is 2.66. The minimum atomic E-state index is 0.103. The van der Waals surface area contributed by atoms with E-state index >= 15 is 0 Å². The van der Waals surface area contributed by atoms with Crippen molar-refractivity contribution in [1.82, 2.24) is 5.32 Å². The first-order valence-corrected chi connectivity index (χ1v) is 6.76. The quantitative estimate of drug-likeness (QED) is 0.838. The van der Waals surface area contributed by atoms with Gasteiger partial charge in [0.05, 0.1) is 6.42 Å². The van der Waals surface area contributed by atoms with Gasteiger partial charge in [-0.2, -0.15) is 0 Å². The van der Waals surface area contributed by atoms with Crippen molar-refractivity contribution in [2.45, 2.75) is 39.7 Å². The number of anilines is 1. The molecule has 1 aromatic rings. The van der Waals surface area contributed by atoms with Gasteiger partial charge >= 0.3 is 0 Å². The first-order chi connectivity index (χ1) is 8.60. The summed E-state index contributed by atoms with van der Waals surface area (Å²) in [5.74, 6) is 0.757. The average molecular weight is 246 g/mol. The first kappa shape index (κ1) is 13.1. The molecule has 1 aliphatic rings. The minimum absolute atomic E-state index is 0.103. The number of rotatable bonds is 5. The van der Waals surface area contributed by atoms with E-state index in [1.165, 1.54) is 5.56 Å². The molecule has 1 aromatic carbocycles. The number of hydrogen-bond donors (Lipinski definition) is 2. The lowest BCUT2D eigenvalue weighted by molar-refractivity contribution is -0.115. The molecule has 98 valence electrons. The predicted octanol–water partition coefficient (Wildman–Crippen LogP) is 2.88. The van der Waals surface area contributed by atoms with E-state index in [0.717, 1.165) is 24.2 Å². The van der Waals surface area contributed by atoms with Crippen LogP contribution in [0.2, 0.25) is 0 Å². The Labute approximate surface area is 109 Å².